The predicted octanol–water partition coefficient (Wildman–Crippen LogP) is 2.46. The van der Waals surface area contributed by atoms with Gasteiger partial charge in [0.05, 0.1) is 7.11 Å². The fourth-order valence-corrected chi connectivity index (χ4v) is 4.38. The van der Waals surface area contributed by atoms with E-state index in [1.165, 1.54) is 5.56 Å². The molecule has 1 spiro atoms. The molecule has 0 N–H and O–H groups in total. The number of piperidine rings is 1. The van der Waals surface area contributed by atoms with E-state index in [1.807, 2.05) is 24.1 Å². The number of likely N-dealkylation sites (tertiary alicyclic amines) is 1. The van der Waals surface area contributed by atoms with E-state index >= 15 is 0 Å². The first kappa shape index (κ1) is 19.2. The number of likely N-dealkylation sites (N-methyl/N-ethyl adjacent to an activating group) is 1. The Morgan fingerprint density at radius 2 is 1.73 bits per heavy atom. The molecule has 1 aromatic carbocycles. The van der Waals surface area contributed by atoms with Crippen molar-refractivity contribution in [3.05, 3.63) is 29.8 Å². The van der Waals surface area contributed by atoms with Crippen LogP contribution in [0.2, 0.25) is 0 Å². The van der Waals surface area contributed by atoms with E-state index in [1.54, 1.807) is 7.11 Å². The zero-order valence-corrected chi connectivity index (χ0v) is 16.7. The molecular formula is C21H33N3O2. The lowest BCUT2D eigenvalue weighted by Crippen LogP contribution is -2.68. The summed E-state index contributed by atoms with van der Waals surface area (Å²) in [7, 11) is 3.65. The zero-order valence-electron chi connectivity index (χ0n) is 16.7. The van der Waals surface area contributed by atoms with Crippen LogP contribution in [0.5, 0.6) is 5.75 Å². The van der Waals surface area contributed by atoms with Crippen LogP contribution in [0.25, 0.3) is 0 Å². The van der Waals surface area contributed by atoms with Crippen LogP contribution >= 0.6 is 0 Å². The quantitative estimate of drug-likeness (QED) is 0.809. The van der Waals surface area contributed by atoms with Crippen molar-refractivity contribution in [1.29, 1.82) is 0 Å². The molecule has 0 bridgehead atoms. The molecule has 144 valence electrons. The van der Waals surface area contributed by atoms with E-state index in [4.69, 9.17) is 4.74 Å². The summed E-state index contributed by atoms with van der Waals surface area (Å²) in [4.78, 5) is 20.0. The molecule has 5 nitrogen and oxygen atoms in total. The average Bonchev–Trinajstić information content (AvgIpc) is 2.64. The number of hydrogen-bond donors (Lipinski definition) is 0. The van der Waals surface area contributed by atoms with Crippen molar-refractivity contribution in [3.63, 3.8) is 0 Å². The maximum absolute atomic E-state index is 13.1. The third-order valence-corrected chi connectivity index (χ3v) is 5.89. The average molecular weight is 360 g/mol. The van der Waals surface area contributed by atoms with E-state index in [0.717, 1.165) is 57.9 Å². The van der Waals surface area contributed by atoms with Crippen LogP contribution in [0.4, 0.5) is 0 Å². The summed E-state index contributed by atoms with van der Waals surface area (Å²) < 4.78 is 5.24. The number of methoxy groups -OCH3 is 1. The van der Waals surface area contributed by atoms with Gasteiger partial charge in [0.1, 0.15) is 11.3 Å². The number of piperazine rings is 1. The van der Waals surface area contributed by atoms with Crippen LogP contribution in [0, 0.1) is 5.92 Å². The SMILES string of the molecule is COc1ccc(CN2CCC3(CC2)C(=O)N(C)CCN3CC(C)C)cc1. The second-order valence-corrected chi connectivity index (χ2v) is 8.22. The first-order valence-electron chi connectivity index (χ1n) is 9.80. The molecular weight excluding hydrogens is 326 g/mol. The summed E-state index contributed by atoms with van der Waals surface area (Å²) in [5.74, 6) is 1.81. The number of ether oxygens (including phenoxy) is 1. The lowest BCUT2D eigenvalue weighted by molar-refractivity contribution is -0.155. The minimum absolute atomic E-state index is 0.284. The summed E-state index contributed by atoms with van der Waals surface area (Å²) >= 11 is 0. The van der Waals surface area contributed by atoms with Gasteiger partial charge < -0.3 is 9.64 Å². The van der Waals surface area contributed by atoms with E-state index in [9.17, 15) is 4.79 Å². The normalized spacial score (nSPS) is 21.6. The summed E-state index contributed by atoms with van der Waals surface area (Å²) in [5, 5.41) is 0. The van der Waals surface area contributed by atoms with E-state index in [-0.39, 0.29) is 5.54 Å². The number of nitrogens with zero attached hydrogens (tertiary/aromatic N) is 3. The van der Waals surface area contributed by atoms with Crippen molar-refractivity contribution in [2.24, 2.45) is 5.92 Å². The summed E-state index contributed by atoms with van der Waals surface area (Å²) in [6.07, 6.45) is 1.86. The molecule has 3 rings (SSSR count). The lowest BCUT2D eigenvalue weighted by atomic mass is 9.82. The van der Waals surface area contributed by atoms with E-state index < -0.39 is 0 Å². The molecule has 0 radical (unpaired) electrons. The second-order valence-electron chi connectivity index (χ2n) is 8.22. The molecule has 2 aliphatic heterocycles. The maximum Gasteiger partial charge on any atom is 0.242 e. The highest BCUT2D eigenvalue weighted by Crippen LogP contribution is 2.34. The number of carbonyl (C=O) groups is 1. The molecule has 0 atom stereocenters. The fraction of sp³-hybridized carbons (Fsp3) is 0.667. The second kappa shape index (κ2) is 7.97. The van der Waals surface area contributed by atoms with Crippen LogP contribution in [-0.4, -0.2) is 73.0 Å². The molecule has 0 aromatic heterocycles. The highest BCUT2D eigenvalue weighted by molar-refractivity contribution is 5.87. The van der Waals surface area contributed by atoms with Gasteiger partial charge in [-0.15, -0.1) is 0 Å². The molecule has 2 fully saturated rings. The molecule has 1 aromatic rings. The highest BCUT2D eigenvalue weighted by Gasteiger charge is 2.49. The van der Waals surface area contributed by atoms with Gasteiger partial charge in [-0.2, -0.15) is 0 Å². The summed E-state index contributed by atoms with van der Waals surface area (Å²) in [6.45, 7) is 10.2. The van der Waals surface area contributed by atoms with Gasteiger partial charge in [0.25, 0.3) is 0 Å². The minimum atomic E-state index is -0.284. The molecule has 1 amide bonds. The molecule has 0 unspecified atom stereocenters. The third kappa shape index (κ3) is 3.89. The molecule has 0 saturated carbocycles. The maximum atomic E-state index is 13.1. The van der Waals surface area contributed by atoms with Gasteiger partial charge in [-0.05, 0) is 36.5 Å². The van der Waals surface area contributed by atoms with Crippen molar-refractivity contribution in [2.45, 2.75) is 38.8 Å². The Labute approximate surface area is 157 Å². The van der Waals surface area contributed by atoms with Crippen LogP contribution in [0.15, 0.2) is 24.3 Å². The lowest BCUT2D eigenvalue weighted by Gasteiger charge is -2.52. The Hall–Kier alpha value is -1.59. The summed E-state index contributed by atoms with van der Waals surface area (Å²) in [6, 6.07) is 8.30. The summed E-state index contributed by atoms with van der Waals surface area (Å²) in [5.41, 5.74) is 1.01. The molecule has 2 saturated heterocycles. The Morgan fingerprint density at radius 3 is 2.31 bits per heavy atom. The van der Waals surface area contributed by atoms with Crippen molar-refractivity contribution in [2.75, 3.05) is 46.9 Å². The third-order valence-electron chi connectivity index (χ3n) is 5.89. The number of hydrogen-bond acceptors (Lipinski definition) is 4. The topological polar surface area (TPSA) is 36.0 Å². The van der Waals surface area contributed by atoms with Gasteiger partial charge in [-0.25, -0.2) is 0 Å². The molecule has 2 heterocycles. The number of benzene rings is 1. The van der Waals surface area contributed by atoms with E-state index in [0.29, 0.717) is 11.8 Å². The minimum Gasteiger partial charge on any atom is -0.497 e. The van der Waals surface area contributed by atoms with Crippen molar-refractivity contribution >= 4 is 5.91 Å². The van der Waals surface area contributed by atoms with Crippen LogP contribution in [-0.2, 0) is 11.3 Å². The number of carbonyl (C=O) groups excluding carboxylic acids is 1. The molecule has 26 heavy (non-hydrogen) atoms. The molecule has 0 aliphatic carbocycles. The zero-order chi connectivity index (χ0) is 18.7. The number of rotatable bonds is 5. The Morgan fingerprint density at radius 1 is 1.08 bits per heavy atom. The highest BCUT2D eigenvalue weighted by atomic mass is 16.5. The number of amides is 1. The van der Waals surface area contributed by atoms with Gasteiger partial charge in [0.2, 0.25) is 5.91 Å². The predicted molar refractivity (Wildman–Crippen MR) is 104 cm³/mol. The Balaban J connectivity index is 1.66. The first-order valence-corrected chi connectivity index (χ1v) is 9.80. The largest absolute Gasteiger partial charge is 0.497 e. The Kier molecular flexibility index (Phi) is 5.88. The van der Waals surface area contributed by atoms with E-state index in [2.05, 4.69) is 35.8 Å². The Bertz CT molecular complexity index is 606. The van der Waals surface area contributed by atoms with Crippen molar-refractivity contribution in [3.8, 4) is 5.75 Å². The first-order chi connectivity index (χ1) is 12.4. The standard InChI is InChI=1S/C21H33N3O2/c1-17(2)15-24-14-13-22(3)20(25)21(24)9-11-23(12-10-21)16-18-5-7-19(26-4)8-6-18/h5-8,17H,9-16H2,1-4H3. The van der Waals surface area contributed by atoms with Crippen LogP contribution in [0.3, 0.4) is 0 Å². The van der Waals surface area contributed by atoms with Gasteiger partial charge in [0.15, 0.2) is 0 Å². The van der Waals surface area contributed by atoms with Gasteiger partial charge in [-0.3, -0.25) is 14.6 Å². The molecule has 5 heteroatoms. The van der Waals surface area contributed by atoms with Crippen molar-refractivity contribution in [1.82, 2.24) is 14.7 Å². The van der Waals surface area contributed by atoms with Crippen LogP contribution in [0.1, 0.15) is 32.3 Å². The smallest absolute Gasteiger partial charge is 0.242 e. The van der Waals surface area contributed by atoms with Gasteiger partial charge >= 0.3 is 0 Å². The monoisotopic (exact) mass is 359 g/mol. The van der Waals surface area contributed by atoms with Crippen molar-refractivity contribution < 1.29 is 9.53 Å². The van der Waals surface area contributed by atoms with Gasteiger partial charge in [-0.1, -0.05) is 26.0 Å². The van der Waals surface area contributed by atoms with Gasteiger partial charge in [0, 0.05) is 46.3 Å². The molecule has 2 aliphatic rings. The van der Waals surface area contributed by atoms with Crippen LogP contribution < -0.4 is 4.74 Å². The fourth-order valence-electron chi connectivity index (χ4n) is 4.38.